The van der Waals surface area contributed by atoms with Crippen LogP contribution in [0.25, 0.3) is 11.3 Å². The smallest absolute Gasteiger partial charge is 0.407 e. The van der Waals surface area contributed by atoms with Crippen molar-refractivity contribution in [3.8, 4) is 17.0 Å². The third-order valence-corrected chi connectivity index (χ3v) is 3.95. The molecule has 3 rings (SSSR count). The molecule has 2 N–H and O–H groups in total. The van der Waals surface area contributed by atoms with Gasteiger partial charge < -0.3 is 20.0 Å². The van der Waals surface area contributed by atoms with Gasteiger partial charge in [-0.1, -0.05) is 11.6 Å². The van der Waals surface area contributed by atoms with E-state index in [0.29, 0.717) is 48.4 Å². The van der Waals surface area contributed by atoms with E-state index < -0.39 is 6.09 Å². The molecule has 23 heavy (non-hydrogen) atoms. The van der Waals surface area contributed by atoms with Crippen LogP contribution in [0.15, 0.2) is 30.5 Å². The number of aromatic hydroxyl groups is 1. The summed E-state index contributed by atoms with van der Waals surface area (Å²) in [5, 5.41) is 19.5. The predicted molar refractivity (Wildman–Crippen MR) is 86.0 cm³/mol. The van der Waals surface area contributed by atoms with Crippen molar-refractivity contribution >= 4 is 23.6 Å². The SMILES string of the molecule is O=C(O)N1CCN(c2nccc(-c3cc(Cl)ccc3O)n2)CC1. The van der Waals surface area contributed by atoms with E-state index in [2.05, 4.69) is 9.97 Å². The molecule has 1 aromatic heterocycles. The largest absolute Gasteiger partial charge is 0.507 e. The van der Waals surface area contributed by atoms with Gasteiger partial charge in [0, 0.05) is 43.0 Å². The van der Waals surface area contributed by atoms with Crippen molar-refractivity contribution in [3.63, 3.8) is 0 Å². The Morgan fingerprint density at radius 3 is 2.61 bits per heavy atom. The van der Waals surface area contributed by atoms with Gasteiger partial charge in [-0.2, -0.15) is 0 Å². The van der Waals surface area contributed by atoms with Gasteiger partial charge in [0.05, 0.1) is 5.69 Å². The molecule has 1 aliphatic heterocycles. The number of hydrogen-bond acceptors (Lipinski definition) is 5. The van der Waals surface area contributed by atoms with Crippen molar-refractivity contribution in [3.05, 3.63) is 35.5 Å². The van der Waals surface area contributed by atoms with Crippen LogP contribution in [0.2, 0.25) is 5.02 Å². The third kappa shape index (κ3) is 3.29. The second-order valence-corrected chi connectivity index (χ2v) is 5.60. The maximum atomic E-state index is 10.9. The van der Waals surface area contributed by atoms with Crippen LogP contribution in [0.4, 0.5) is 10.7 Å². The highest BCUT2D eigenvalue weighted by atomic mass is 35.5. The quantitative estimate of drug-likeness (QED) is 0.876. The minimum absolute atomic E-state index is 0.0924. The zero-order valence-corrected chi connectivity index (χ0v) is 12.9. The number of benzene rings is 1. The first-order chi connectivity index (χ1) is 11.0. The summed E-state index contributed by atoms with van der Waals surface area (Å²) in [7, 11) is 0. The van der Waals surface area contributed by atoms with Gasteiger partial charge in [-0.05, 0) is 24.3 Å². The summed E-state index contributed by atoms with van der Waals surface area (Å²) in [4.78, 5) is 22.9. The van der Waals surface area contributed by atoms with Gasteiger partial charge in [0.2, 0.25) is 5.95 Å². The molecule has 1 saturated heterocycles. The predicted octanol–water partition coefficient (Wildman–Crippen LogP) is 2.30. The van der Waals surface area contributed by atoms with E-state index in [9.17, 15) is 9.90 Å². The number of carbonyl (C=O) groups is 1. The Morgan fingerprint density at radius 2 is 1.91 bits per heavy atom. The van der Waals surface area contributed by atoms with Crippen LogP contribution < -0.4 is 4.90 Å². The highest BCUT2D eigenvalue weighted by molar-refractivity contribution is 6.30. The van der Waals surface area contributed by atoms with Gasteiger partial charge in [0.25, 0.3) is 0 Å². The number of anilines is 1. The number of phenols is 1. The van der Waals surface area contributed by atoms with Crippen molar-refractivity contribution in [2.24, 2.45) is 0 Å². The summed E-state index contributed by atoms with van der Waals surface area (Å²) in [5.74, 6) is 0.599. The molecule has 8 heteroatoms. The first-order valence-electron chi connectivity index (χ1n) is 7.09. The van der Waals surface area contributed by atoms with Gasteiger partial charge in [-0.15, -0.1) is 0 Å². The molecule has 0 radical (unpaired) electrons. The Labute approximate surface area is 137 Å². The van der Waals surface area contributed by atoms with Gasteiger partial charge in [0.1, 0.15) is 5.75 Å². The molecule has 1 aliphatic rings. The summed E-state index contributed by atoms with van der Waals surface area (Å²) < 4.78 is 0. The Morgan fingerprint density at radius 1 is 1.17 bits per heavy atom. The Hall–Kier alpha value is -2.54. The Balaban J connectivity index is 1.83. The third-order valence-electron chi connectivity index (χ3n) is 3.71. The van der Waals surface area contributed by atoms with Gasteiger partial charge in [-0.3, -0.25) is 0 Å². The van der Waals surface area contributed by atoms with Crippen molar-refractivity contribution < 1.29 is 15.0 Å². The first kappa shape index (κ1) is 15.4. The molecule has 0 atom stereocenters. The number of carboxylic acid groups (broad SMARTS) is 1. The number of halogens is 1. The minimum Gasteiger partial charge on any atom is -0.507 e. The molecule has 0 unspecified atom stereocenters. The Bertz CT molecular complexity index is 732. The van der Waals surface area contributed by atoms with E-state index in [4.69, 9.17) is 16.7 Å². The zero-order valence-electron chi connectivity index (χ0n) is 12.2. The summed E-state index contributed by atoms with van der Waals surface area (Å²) in [6, 6.07) is 6.46. The molecule has 0 bridgehead atoms. The first-order valence-corrected chi connectivity index (χ1v) is 7.47. The van der Waals surface area contributed by atoms with Crippen LogP contribution in [0, 0.1) is 0 Å². The van der Waals surface area contributed by atoms with Crippen molar-refractivity contribution in [1.82, 2.24) is 14.9 Å². The molecule has 2 heterocycles. The lowest BCUT2D eigenvalue weighted by molar-refractivity contribution is 0.142. The normalized spacial score (nSPS) is 14.8. The lowest BCUT2D eigenvalue weighted by Crippen LogP contribution is -2.48. The van der Waals surface area contributed by atoms with E-state index >= 15 is 0 Å². The minimum atomic E-state index is -0.914. The lowest BCUT2D eigenvalue weighted by atomic mass is 10.1. The molecule has 1 aromatic carbocycles. The highest BCUT2D eigenvalue weighted by Crippen LogP contribution is 2.31. The fraction of sp³-hybridized carbons (Fsp3) is 0.267. The number of hydrogen-bond donors (Lipinski definition) is 2. The van der Waals surface area contributed by atoms with Crippen molar-refractivity contribution in [1.29, 1.82) is 0 Å². The van der Waals surface area contributed by atoms with E-state index in [0.717, 1.165) is 0 Å². The molecule has 7 nitrogen and oxygen atoms in total. The van der Waals surface area contributed by atoms with Gasteiger partial charge in [-0.25, -0.2) is 14.8 Å². The Kier molecular flexibility index (Phi) is 4.20. The van der Waals surface area contributed by atoms with E-state index in [-0.39, 0.29) is 5.75 Å². The summed E-state index contributed by atoms with van der Waals surface area (Å²) in [5.41, 5.74) is 1.10. The van der Waals surface area contributed by atoms with Crippen LogP contribution in [0.5, 0.6) is 5.75 Å². The fourth-order valence-electron chi connectivity index (χ4n) is 2.46. The maximum Gasteiger partial charge on any atom is 0.407 e. The van der Waals surface area contributed by atoms with Crippen LogP contribution in [-0.4, -0.2) is 57.4 Å². The second kappa shape index (κ2) is 6.29. The fourth-order valence-corrected chi connectivity index (χ4v) is 2.63. The average molecular weight is 335 g/mol. The zero-order chi connectivity index (χ0) is 16.4. The second-order valence-electron chi connectivity index (χ2n) is 5.16. The van der Waals surface area contributed by atoms with E-state index in [1.807, 2.05) is 4.90 Å². The lowest BCUT2D eigenvalue weighted by Gasteiger charge is -2.33. The number of amides is 1. The highest BCUT2D eigenvalue weighted by Gasteiger charge is 2.22. The number of rotatable bonds is 2. The topological polar surface area (TPSA) is 89.8 Å². The summed E-state index contributed by atoms with van der Waals surface area (Å²) in [6.45, 7) is 1.87. The van der Waals surface area contributed by atoms with Crippen LogP contribution in [0.3, 0.4) is 0 Å². The molecule has 0 saturated carbocycles. The molecule has 0 spiro atoms. The van der Waals surface area contributed by atoms with Crippen molar-refractivity contribution in [2.75, 3.05) is 31.1 Å². The molecular formula is C15H15ClN4O3. The van der Waals surface area contributed by atoms with E-state index in [1.165, 1.54) is 11.0 Å². The molecule has 0 aliphatic carbocycles. The summed E-state index contributed by atoms with van der Waals surface area (Å²) in [6.07, 6.45) is 0.699. The number of aromatic nitrogens is 2. The molecular weight excluding hydrogens is 320 g/mol. The molecule has 120 valence electrons. The van der Waals surface area contributed by atoms with E-state index in [1.54, 1.807) is 24.4 Å². The maximum absolute atomic E-state index is 10.9. The monoisotopic (exact) mass is 334 g/mol. The van der Waals surface area contributed by atoms with Crippen LogP contribution in [0.1, 0.15) is 0 Å². The number of phenolic OH excluding ortho intramolecular Hbond substituents is 1. The molecule has 2 aromatic rings. The average Bonchev–Trinajstić information content (AvgIpc) is 2.57. The molecule has 1 fully saturated rings. The van der Waals surface area contributed by atoms with Crippen molar-refractivity contribution in [2.45, 2.75) is 0 Å². The van der Waals surface area contributed by atoms with Gasteiger partial charge >= 0.3 is 6.09 Å². The number of nitrogens with zero attached hydrogens (tertiary/aromatic N) is 4. The number of piperazine rings is 1. The van der Waals surface area contributed by atoms with Crippen LogP contribution >= 0.6 is 11.6 Å². The standard InChI is InChI=1S/C15H15ClN4O3/c16-10-1-2-13(21)11(9-10)12-3-4-17-14(18-12)19-5-7-20(8-6-19)15(22)23/h1-4,9,21H,5-8H2,(H,22,23). The van der Waals surface area contributed by atoms with Gasteiger partial charge in [0.15, 0.2) is 0 Å². The molecule has 1 amide bonds. The van der Waals surface area contributed by atoms with Crippen LogP contribution in [-0.2, 0) is 0 Å². The summed E-state index contributed by atoms with van der Waals surface area (Å²) >= 11 is 5.97.